The van der Waals surface area contributed by atoms with E-state index in [1.165, 1.54) is 28.0 Å². The zero-order valence-corrected chi connectivity index (χ0v) is 20.1. The van der Waals surface area contributed by atoms with E-state index in [4.69, 9.17) is 4.74 Å². The molecule has 1 aromatic carbocycles. The van der Waals surface area contributed by atoms with E-state index >= 15 is 0 Å². The van der Waals surface area contributed by atoms with Gasteiger partial charge in [-0.25, -0.2) is 4.79 Å². The summed E-state index contributed by atoms with van der Waals surface area (Å²) in [4.78, 5) is 26.4. The molecule has 0 saturated heterocycles. The Morgan fingerprint density at radius 1 is 1.25 bits per heavy atom. The molecule has 1 aliphatic carbocycles. The minimum atomic E-state index is -0.358. The number of anilines is 1. The predicted octanol–water partition coefficient (Wildman–Crippen LogP) is 4.73. The summed E-state index contributed by atoms with van der Waals surface area (Å²) in [5.41, 5.74) is 3.72. The molecule has 0 saturated carbocycles. The fourth-order valence-corrected chi connectivity index (χ4v) is 5.98. The molecule has 168 valence electrons. The van der Waals surface area contributed by atoms with E-state index in [2.05, 4.69) is 21.6 Å². The Hall–Kier alpha value is -2.65. The van der Waals surface area contributed by atoms with E-state index < -0.39 is 0 Å². The standard InChI is InChI=1S/C23H26N4O3S2/c1-4-27-20(15-9-6-8-14(3)12-15)25-26-23(27)31-13-18(28)24-21-19(22(29)30-5-2)16-10-7-11-17(16)32-21/h6,8-9,12H,4-5,7,10-11,13H2,1-3H3,(H,24,28). The Morgan fingerprint density at radius 3 is 2.84 bits per heavy atom. The van der Waals surface area contributed by atoms with Gasteiger partial charge in [0.1, 0.15) is 5.00 Å². The van der Waals surface area contributed by atoms with Crippen LogP contribution >= 0.6 is 23.1 Å². The summed E-state index contributed by atoms with van der Waals surface area (Å²) in [6.45, 7) is 6.87. The van der Waals surface area contributed by atoms with Gasteiger partial charge in [0.05, 0.1) is 17.9 Å². The number of hydrogen-bond donors (Lipinski definition) is 1. The SMILES string of the molecule is CCOC(=O)c1c(NC(=O)CSc2nnc(-c3cccc(C)c3)n2CC)sc2c1CCC2. The molecule has 2 heterocycles. The van der Waals surface area contributed by atoms with E-state index in [1.54, 1.807) is 6.92 Å². The first-order chi connectivity index (χ1) is 15.5. The molecule has 2 aromatic heterocycles. The number of carbonyl (C=O) groups is 2. The van der Waals surface area contributed by atoms with Gasteiger partial charge in [-0.3, -0.25) is 4.79 Å². The number of benzene rings is 1. The maximum absolute atomic E-state index is 12.7. The van der Waals surface area contributed by atoms with Crippen molar-refractivity contribution in [2.24, 2.45) is 0 Å². The zero-order chi connectivity index (χ0) is 22.7. The molecule has 0 unspecified atom stereocenters. The number of ether oxygens (including phenoxy) is 1. The van der Waals surface area contributed by atoms with Gasteiger partial charge in [-0.05, 0) is 51.7 Å². The highest BCUT2D eigenvalue weighted by Crippen LogP contribution is 2.39. The average molecular weight is 471 g/mol. The molecule has 1 N–H and O–H groups in total. The Labute approximate surface area is 195 Å². The molecule has 0 atom stereocenters. The molecule has 0 spiro atoms. The first-order valence-corrected chi connectivity index (χ1v) is 12.6. The van der Waals surface area contributed by atoms with Gasteiger partial charge in [-0.1, -0.05) is 35.5 Å². The summed E-state index contributed by atoms with van der Waals surface area (Å²) in [7, 11) is 0. The molecule has 1 aliphatic rings. The van der Waals surface area contributed by atoms with Gasteiger partial charge in [0.2, 0.25) is 5.91 Å². The number of esters is 1. The number of aromatic nitrogens is 3. The van der Waals surface area contributed by atoms with Gasteiger partial charge in [0, 0.05) is 17.0 Å². The minimum Gasteiger partial charge on any atom is -0.462 e. The maximum Gasteiger partial charge on any atom is 0.341 e. The van der Waals surface area contributed by atoms with E-state index in [0.29, 0.717) is 28.9 Å². The van der Waals surface area contributed by atoms with Crippen LogP contribution in [0.3, 0.4) is 0 Å². The number of nitrogens with one attached hydrogen (secondary N) is 1. The third kappa shape index (κ3) is 4.59. The normalized spacial score (nSPS) is 12.6. The lowest BCUT2D eigenvalue weighted by molar-refractivity contribution is -0.113. The smallest absolute Gasteiger partial charge is 0.341 e. The van der Waals surface area contributed by atoms with Crippen LogP contribution in [0.1, 0.15) is 46.6 Å². The number of hydrogen-bond acceptors (Lipinski definition) is 7. The molecule has 0 radical (unpaired) electrons. The van der Waals surface area contributed by atoms with Gasteiger partial charge in [-0.15, -0.1) is 21.5 Å². The van der Waals surface area contributed by atoms with Crippen LogP contribution in [-0.2, 0) is 28.9 Å². The number of nitrogens with zero attached hydrogens (tertiary/aromatic N) is 3. The van der Waals surface area contributed by atoms with E-state index in [0.717, 1.165) is 41.8 Å². The molecular weight excluding hydrogens is 444 g/mol. The van der Waals surface area contributed by atoms with E-state index in [-0.39, 0.29) is 17.6 Å². The quantitative estimate of drug-likeness (QED) is 0.378. The van der Waals surface area contributed by atoms with E-state index in [1.807, 2.05) is 36.6 Å². The van der Waals surface area contributed by atoms with E-state index in [9.17, 15) is 9.59 Å². The van der Waals surface area contributed by atoms with Crippen LogP contribution in [0.5, 0.6) is 0 Å². The number of carbonyl (C=O) groups excluding carboxylic acids is 2. The zero-order valence-electron chi connectivity index (χ0n) is 18.4. The fourth-order valence-electron chi connectivity index (χ4n) is 3.88. The molecular formula is C23H26N4O3S2. The van der Waals surface area contributed by atoms with Crippen molar-refractivity contribution in [3.05, 3.63) is 45.8 Å². The maximum atomic E-state index is 12.7. The summed E-state index contributed by atoms with van der Waals surface area (Å²) < 4.78 is 7.25. The van der Waals surface area contributed by atoms with Crippen molar-refractivity contribution in [3.63, 3.8) is 0 Å². The first kappa shape index (κ1) is 22.5. The van der Waals surface area contributed by atoms with Gasteiger partial charge < -0.3 is 14.6 Å². The van der Waals surface area contributed by atoms with Crippen molar-refractivity contribution in [2.75, 3.05) is 17.7 Å². The van der Waals surface area contributed by atoms with Gasteiger partial charge in [0.15, 0.2) is 11.0 Å². The molecule has 0 aliphatic heterocycles. The molecule has 3 aromatic rings. The van der Waals surface area contributed by atoms with Crippen LogP contribution < -0.4 is 5.32 Å². The van der Waals surface area contributed by atoms with Crippen molar-refractivity contribution in [2.45, 2.75) is 51.7 Å². The molecule has 7 nitrogen and oxygen atoms in total. The molecule has 1 amide bonds. The Balaban J connectivity index is 1.47. The topological polar surface area (TPSA) is 86.1 Å². The number of aryl methyl sites for hydroxylation is 2. The monoisotopic (exact) mass is 470 g/mol. The predicted molar refractivity (Wildman–Crippen MR) is 128 cm³/mol. The largest absolute Gasteiger partial charge is 0.462 e. The summed E-state index contributed by atoms with van der Waals surface area (Å²) in [6, 6.07) is 8.13. The number of thioether (sulfide) groups is 1. The lowest BCUT2D eigenvalue weighted by atomic mass is 10.1. The van der Waals surface area contributed by atoms with Crippen molar-refractivity contribution < 1.29 is 14.3 Å². The number of rotatable bonds is 8. The van der Waals surface area contributed by atoms with Gasteiger partial charge in [0.25, 0.3) is 0 Å². The first-order valence-electron chi connectivity index (χ1n) is 10.8. The van der Waals surface area contributed by atoms with Crippen LogP contribution in [-0.4, -0.2) is 39.0 Å². The second-order valence-electron chi connectivity index (χ2n) is 7.54. The highest BCUT2D eigenvalue weighted by molar-refractivity contribution is 7.99. The molecule has 0 bridgehead atoms. The summed E-state index contributed by atoms with van der Waals surface area (Å²) in [5, 5.41) is 12.9. The van der Waals surface area contributed by atoms with Crippen LogP contribution in [0.4, 0.5) is 5.00 Å². The molecule has 32 heavy (non-hydrogen) atoms. The van der Waals surface area contributed by atoms with Crippen molar-refractivity contribution in [3.8, 4) is 11.4 Å². The third-order valence-electron chi connectivity index (χ3n) is 5.30. The average Bonchev–Trinajstić information content (AvgIpc) is 3.46. The highest BCUT2D eigenvalue weighted by atomic mass is 32.2. The van der Waals surface area contributed by atoms with Crippen LogP contribution in [0, 0.1) is 6.92 Å². The molecule has 0 fully saturated rings. The van der Waals surface area contributed by atoms with Crippen LogP contribution in [0.2, 0.25) is 0 Å². The second-order valence-corrected chi connectivity index (χ2v) is 9.59. The van der Waals surface area contributed by atoms with Crippen molar-refractivity contribution in [1.29, 1.82) is 0 Å². The second kappa shape index (κ2) is 9.87. The highest BCUT2D eigenvalue weighted by Gasteiger charge is 2.28. The van der Waals surface area contributed by atoms with Crippen LogP contribution in [0.15, 0.2) is 29.4 Å². The van der Waals surface area contributed by atoms with Crippen LogP contribution in [0.25, 0.3) is 11.4 Å². The molecule has 9 heteroatoms. The summed E-state index contributed by atoms with van der Waals surface area (Å²) >= 11 is 2.83. The third-order valence-corrected chi connectivity index (χ3v) is 7.47. The summed E-state index contributed by atoms with van der Waals surface area (Å²) in [6.07, 6.45) is 2.83. The lowest BCUT2D eigenvalue weighted by Crippen LogP contribution is -2.17. The summed E-state index contributed by atoms with van der Waals surface area (Å²) in [5.74, 6) is 0.432. The Morgan fingerprint density at radius 2 is 2.09 bits per heavy atom. The Kier molecular flexibility index (Phi) is 6.95. The van der Waals surface area contributed by atoms with Gasteiger partial charge in [-0.2, -0.15) is 0 Å². The number of amides is 1. The Bertz CT molecular complexity index is 1150. The van der Waals surface area contributed by atoms with Crippen molar-refractivity contribution >= 4 is 40.0 Å². The number of thiophene rings is 1. The lowest BCUT2D eigenvalue weighted by Gasteiger charge is -2.09. The van der Waals surface area contributed by atoms with Gasteiger partial charge >= 0.3 is 5.97 Å². The number of fused-ring (bicyclic) bond motifs is 1. The van der Waals surface area contributed by atoms with Crippen molar-refractivity contribution in [1.82, 2.24) is 14.8 Å². The fraction of sp³-hybridized carbons (Fsp3) is 0.391. The molecule has 4 rings (SSSR count). The minimum absolute atomic E-state index is 0.177.